The normalized spacial score (nSPS) is 12.3. The Balaban J connectivity index is 1.25. The lowest BCUT2D eigenvalue weighted by atomic mass is 9.88. The number of benzene rings is 8. The quantitative estimate of drug-likeness (QED) is 0.163. The lowest BCUT2D eigenvalue weighted by Gasteiger charge is -2.24. The third-order valence-electron chi connectivity index (χ3n) is 8.40. The van der Waals surface area contributed by atoms with Crippen LogP contribution in [0.4, 0.5) is 0 Å². The summed E-state index contributed by atoms with van der Waals surface area (Å²) < 4.78 is 6.61. The predicted molar refractivity (Wildman–Crippen MR) is 165 cm³/mol. The summed E-state index contributed by atoms with van der Waals surface area (Å²) >= 11 is 0. The molecular formula is C38H22O. The maximum absolute atomic E-state index is 6.61. The molecule has 0 unspecified atom stereocenters. The van der Waals surface area contributed by atoms with Crippen molar-refractivity contribution < 1.29 is 4.74 Å². The third kappa shape index (κ3) is 2.96. The molecule has 39 heavy (non-hydrogen) atoms. The van der Waals surface area contributed by atoms with E-state index in [1.165, 1.54) is 65.2 Å². The molecule has 1 aliphatic heterocycles. The molecule has 0 aromatic heterocycles. The van der Waals surface area contributed by atoms with Crippen LogP contribution in [0.25, 0.3) is 76.1 Å². The second-order valence-corrected chi connectivity index (χ2v) is 10.5. The third-order valence-corrected chi connectivity index (χ3v) is 8.40. The van der Waals surface area contributed by atoms with Gasteiger partial charge in [-0.05, 0) is 90.1 Å². The van der Waals surface area contributed by atoms with Gasteiger partial charge in [0.2, 0.25) is 0 Å². The van der Waals surface area contributed by atoms with Crippen molar-refractivity contribution in [3.8, 4) is 33.8 Å². The summed E-state index contributed by atoms with van der Waals surface area (Å²) in [7, 11) is 0. The molecule has 0 saturated heterocycles. The van der Waals surface area contributed by atoms with Gasteiger partial charge in [0.25, 0.3) is 0 Å². The Hall–Kier alpha value is -5.14. The maximum atomic E-state index is 6.61. The summed E-state index contributed by atoms with van der Waals surface area (Å²) in [6, 6.07) is 48.4. The van der Waals surface area contributed by atoms with E-state index < -0.39 is 0 Å². The molecule has 0 N–H and O–H groups in total. The molecule has 0 amide bonds. The molecule has 8 aromatic rings. The number of ether oxygens (including phenoxy) is 1. The molecule has 1 heteroatoms. The van der Waals surface area contributed by atoms with Crippen LogP contribution in [0.5, 0.6) is 11.5 Å². The Bertz CT molecular complexity index is 2310. The summed E-state index contributed by atoms with van der Waals surface area (Å²) in [6.45, 7) is 0. The van der Waals surface area contributed by atoms with Gasteiger partial charge in [-0.2, -0.15) is 0 Å². The number of fused-ring (bicyclic) bond motifs is 8. The van der Waals surface area contributed by atoms with Gasteiger partial charge in [0.05, 0.1) is 0 Å². The highest BCUT2D eigenvalue weighted by Crippen LogP contribution is 2.51. The summed E-state index contributed by atoms with van der Waals surface area (Å²) in [5, 5.41) is 12.4. The van der Waals surface area contributed by atoms with Gasteiger partial charge < -0.3 is 4.74 Å². The molecule has 0 atom stereocenters. The van der Waals surface area contributed by atoms with E-state index in [2.05, 4.69) is 133 Å². The first kappa shape index (κ1) is 20.9. The zero-order valence-corrected chi connectivity index (χ0v) is 21.1. The second kappa shape index (κ2) is 7.69. The molecule has 9 rings (SSSR count). The summed E-state index contributed by atoms with van der Waals surface area (Å²) in [4.78, 5) is 0. The van der Waals surface area contributed by atoms with Crippen molar-refractivity contribution >= 4 is 53.9 Å². The van der Waals surface area contributed by atoms with Crippen LogP contribution in [-0.2, 0) is 0 Å². The van der Waals surface area contributed by atoms with Gasteiger partial charge in [-0.25, -0.2) is 0 Å². The summed E-state index contributed by atoms with van der Waals surface area (Å²) in [5.74, 6) is 1.87. The van der Waals surface area contributed by atoms with Crippen LogP contribution in [0.2, 0.25) is 0 Å². The number of rotatable bonds is 1. The van der Waals surface area contributed by atoms with Crippen molar-refractivity contribution in [2.45, 2.75) is 0 Å². The van der Waals surface area contributed by atoms with E-state index in [0.717, 1.165) is 22.4 Å². The highest BCUT2D eigenvalue weighted by Gasteiger charge is 2.23. The fourth-order valence-corrected chi connectivity index (χ4v) is 6.53. The SMILES string of the molecule is c1ccc2cc3c(ccc4cc(-c5ccc6c7c(cccc57)-c5ccc7ccccc7c5O6)ccc43)cc2c1. The molecule has 1 heterocycles. The van der Waals surface area contributed by atoms with Gasteiger partial charge in [0.15, 0.2) is 0 Å². The van der Waals surface area contributed by atoms with Crippen molar-refractivity contribution in [1.82, 2.24) is 0 Å². The van der Waals surface area contributed by atoms with Crippen LogP contribution >= 0.6 is 0 Å². The van der Waals surface area contributed by atoms with Crippen LogP contribution < -0.4 is 4.74 Å². The van der Waals surface area contributed by atoms with Gasteiger partial charge in [0, 0.05) is 16.3 Å². The smallest absolute Gasteiger partial charge is 0.143 e. The van der Waals surface area contributed by atoms with Crippen LogP contribution in [-0.4, -0.2) is 0 Å². The minimum Gasteiger partial charge on any atom is -0.455 e. The summed E-state index contributed by atoms with van der Waals surface area (Å²) in [6.07, 6.45) is 0. The zero-order chi connectivity index (χ0) is 25.5. The van der Waals surface area contributed by atoms with E-state index in [0.29, 0.717) is 0 Å². The molecule has 0 radical (unpaired) electrons. The Morgan fingerprint density at radius 1 is 0.359 bits per heavy atom. The molecule has 0 saturated carbocycles. The second-order valence-electron chi connectivity index (χ2n) is 10.5. The average Bonchev–Trinajstić information content (AvgIpc) is 3.00. The Labute approximate surface area is 225 Å². The summed E-state index contributed by atoms with van der Waals surface area (Å²) in [5.41, 5.74) is 4.83. The minimum atomic E-state index is 0.923. The molecule has 8 aromatic carbocycles. The first-order chi connectivity index (χ1) is 19.3. The first-order valence-electron chi connectivity index (χ1n) is 13.4. The van der Waals surface area contributed by atoms with Crippen molar-refractivity contribution in [1.29, 1.82) is 0 Å². The van der Waals surface area contributed by atoms with Crippen molar-refractivity contribution in [3.63, 3.8) is 0 Å². The molecular weight excluding hydrogens is 472 g/mol. The van der Waals surface area contributed by atoms with Gasteiger partial charge in [-0.1, -0.05) is 103 Å². The highest BCUT2D eigenvalue weighted by molar-refractivity contribution is 6.15. The lowest BCUT2D eigenvalue weighted by Crippen LogP contribution is -1.98. The first-order valence-corrected chi connectivity index (χ1v) is 13.4. The molecule has 0 aliphatic carbocycles. The van der Waals surface area contributed by atoms with Crippen LogP contribution in [0, 0.1) is 0 Å². The van der Waals surface area contributed by atoms with E-state index in [1.54, 1.807) is 0 Å². The fourth-order valence-electron chi connectivity index (χ4n) is 6.53. The molecule has 1 aliphatic rings. The van der Waals surface area contributed by atoms with E-state index in [-0.39, 0.29) is 0 Å². The predicted octanol–water partition coefficient (Wildman–Crippen LogP) is 10.9. The van der Waals surface area contributed by atoms with Crippen molar-refractivity contribution in [2.75, 3.05) is 0 Å². The van der Waals surface area contributed by atoms with E-state index in [9.17, 15) is 0 Å². The molecule has 1 nitrogen and oxygen atoms in total. The van der Waals surface area contributed by atoms with Crippen molar-refractivity contribution in [3.05, 3.63) is 133 Å². The van der Waals surface area contributed by atoms with E-state index in [1.807, 2.05) is 0 Å². The van der Waals surface area contributed by atoms with Gasteiger partial charge in [0.1, 0.15) is 11.5 Å². The van der Waals surface area contributed by atoms with Crippen molar-refractivity contribution in [2.24, 2.45) is 0 Å². The topological polar surface area (TPSA) is 9.23 Å². The minimum absolute atomic E-state index is 0.923. The molecule has 0 spiro atoms. The molecule has 180 valence electrons. The Morgan fingerprint density at radius 2 is 1.08 bits per heavy atom. The van der Waals surface area contributed by atoms with Crippen LogP contribution in [0.15, 0.2) is 133 Å². The number of hydrogen-bond donors (Lipinski definition) is 0. The Morgan fingerprint density at radius 3 is 1.97 bits per heavy atom. The molecule has 0 bridgehead atoms. The highest BCUT2D eigenvalue weighted by atomic mass is 16.5. The van der Waals surface area contributed by atoms with Gasteiger partial charge in [-0.15, -0.1) is 0 Å². The average molecular weight is 495 g/mol. The van der Waals surface area contributed by atoms with Crippen LogP contribution in [0.1, 0.15) is 0 Å². The number of hydrogen-bond acceptors (Lipinski definition) is 1. The largest absolute Gasteiger partial charge is 0.455 e. The Kier molecular flexibility index (Phi) is 4.11. The van der Waals surface area contributed by atoms with E-state index in [4.69, 9.17) is 4.74 Å². The monoisotopic (exact) mass is 494 g/mol. The fraction of sp³-hybridized carbons (Fsp3) is 0. The maximum Gasteiger partial charge on any atom is 0.143 e. The zero-order valence-electron chi connectivity index (χ0n) is 21.1. The van der Waals surface area contributed by atoms with Gasteiger partial charge in [-0.3, -0.25) is 0 Å². The lowest BCUT2D eigenvalue weighted by molar-refractivity contribution is 0.493. The van der Waals surface area contributed by atoms with Crippen LogP contribution in [0.3, 0.4) is 0 Å². The molecule has 0 fully saturated rings. The standard InChI is InChI=1S/C38H22O/c1-2-8-25-22-35-28(20-24(25)7-1)13-12-26-21-27(15-16-30(26)35)29-18-19-36-37-32(29)10-5-11-33(37)34-17-14-23-6-3-4-9-31(23)38(34)39-36/h1-22H. The van der Waals surface area contributed by atoms with Gasteiger partial charge >= 0.3 is 0 Å². The van der Waals surface area contributed by atoms with E-state index >= 15 is 0 Å².